The minimum atomic E-state index is -1.38. The highest BCUT2D eigenvalue weighted by molar-refractivity contribution is 7.88. The molecule has 1 heterocycles. The third-order valence-corrected chi connectivity index (χ3v) is 8.19. The van der Waals surface area contributed by atoms with Crippen LogP contribution in [-0.2, 0) is 6.42 Å². The van der Waals surface area contributed by atoms with Gasteiger partial charge in [0.15, 0.2) is 0 Å². The van der Waals surface area contributed by atoms with Gasteiger partial charge in [0, 0.05) is 18.3 Å². The molecule has 0 spiro atoms. The molecule has 3 aromatic rings. The third-order valence-electron chi connectivity index (χ3n) is 4.19. The normalized spacial score (nSPS) is 11.3. The second kappa shape index (κ2) is 6.85. The molecule has 0 aliphatic heterocycles. The van der Waals surface area contributed by atoms with Crippen molar-refractivity contribution in [1.82, 2.24) is 4.98 Å². The van der Waals surface area contributed by atoms with E-state index in [2.05, 4.69) is 84.4 Å². The summed E-state index contributed by atoms with van der Waals surface area (Å²) in [6.45, 7) is 2.45. The first kappa shape index (κ1) is 14.9. The molecule has 0 amide bonds. The molecule has 0 unspecified atom stereocenters. The number of aryl methyl sites for hydroxylation is 1. The van der Waals surface area contributed by atoms with Gasteiger partial charge in [-0.15, -0.1) is 0 Å². The largest absolute Gasteiger partial charge is 0.261 e. The number of hydrogen-bond acceptors (Lipinski definition) is 1. The van der Waals surface area contributed by atoms with E-state index in [0.29, 0.717) is 0 Å². The van der Waals surface area contributed by atoms with E-state index in [4.69, 9.17) is 0 Å². The number of nitrogens with zero attached hydrogens (tertiary/aromatic N) is 1. The number of benzene rings is 2. The molecular formula is C20H21NP+. The summed E-state index contributed by atoms with van der Waals surface area (Å²) in [6.07, 6.45) is 4.06. The van der Waals surface area contributed by atoms with E-state index in [1.54, 1.807) is 0 Å². The van der Waals surface area contributed by atoms with Gasteiger partial charge in [0.1, 0.15) is 0 Å². The molecule has 2 aromatic carbocycles. The van der Waals surface area contributed by atoms with Crippen molar-refractivity contribution in [2.45, 2.75) is 6.42 Å². The van der Waals surface area contributed by atoms with Crippen LogP contribution in [0, 0.1) is 0 Å². The van der Waals surface area contributed by atoms with E-state index in [0.717, 1.165) is 12.6 Å². The molecule has 0 saturated carbocycles. The standard InChI is InChI=1S/C20H21NP/c1-22(19-11-4-2-5-12-19,20-13-6-3-7-14-20)17-15-18-10-8-9-16-21-18/h2-14,16H,15,17H2,1H3/q+1. The quantitative estimate of drug-likeness (QED) is 0.651. The molecule has 2 heteroatoms. The molecule has 0 N–H and O–H groups in total. The van der Waals surface area contributed by atoms with Crippen LogP contribution in [-0.4, -0.2) is 17.8 Å². The average molecular weight is 306 g/mol. The Morgan fingerprint density at radius 1 is 0.727 bits per heavy atom. The SMILES string of the molecule is C[P+](CCc1ccccn1)(c1ccccc1)c1ccccc1. The molecule has 0 radical (unpaired) electrons. The van der Waals surface area contributed by atoms with Crippen molar-refractivity contribution >= 4 is 17.9 Å². The van der Waals surface area contributed by atoms with Gasteiger partial charge in [-0.2, -0.15) is 0 Å². The van der Waals surface area contributed by atoms with Gasteiger partial charge >= 0.3 is 0 Å². The van der Waals surface area contributed by atoms with Crippen molar-refractivity contribution < 1.29 is 0 Å². The van der Waals surface area contributed by atoms with E-state index in [1.165, 1.54) is 16.3 Å². The molecule has 0 fully saturated rings. The lowest BCUT2D eigenvalue weighted by Crippen LogP contribution is -2.24. The molecule has 22 heavy (non-hydrogen) atoms. The van der Waals surface area contributed by atoms with Crippen molar-refractivity contribution in [3.05, 3.63) is 90.8 Å². The predicted molar refractivity (Wildman–Crippen MR) is 97.8 cm³/mol. The molecule has 3 rings (SSSR count). The van der Waals surface area contributed by atoms with Gasteiger partial charge in [0.05, 0.1) is 30.7 Å². The zero-order chi connectivity index (χ0) is 15.3. The Hall–Kier alpha value is -1.98. The van der Waals surface area contributed by atoms with Crippen LogP contribution in [0.3, 0.4) is 0 Å². The molecule has 1 nitrogen and oxygen atoms in total. The van der Waals surface area contributed by atoms with Crippen LogP contribution in [0.1, 0.15) is 5.69 Å². The zero-order valence-corrected chi connectivity index (χ0v) is 13.8. The van der Waals surface area contributed by atoms with Crippen LogP contribution in [0.4, 0.5) is 0 Å². The third kappa shape index (κ3) is 3.26. The van der Waals surface area contributed by atoms with Crippen LogP contribution in [0.5, 0.6) is 0 Å². The highest BCUT2D eigenvalue weighted by Gasteiger charge is 2.36. The van der Waals surface area contributed by atoms with Gasteiger partial charge in [-0.05, 0) is 36.4 Å². The van der Waals surface area contributed by atoms with Gasteiger partial charge in [0.2, 0.25) is 0 Å². The van der Waals surface area contributed by atoms with Crippen molar-refractivity contribution in [2.24, 2.45) is 0 Å². The lowest BCUT2D eigenvalue weighted by Gasteiger charge is -2.23. The lowest BCUT2D eigenvalue weighted by molar-refractivity contribution is 1.04. The maximum Gasteiger partial charge on any atom is 0.0989 e. The first-order valence-corrected chi connectivity index (χ1v) is 10.1. The molecule has 0 aliphatic rings. The zero-order valence-electron chi connectivity index (χ0n) is 12.9. The number of pyridine rings is 1. The van der Waals surface area contributed by atoms with Crippen LogP contribution in [0.25, 0.3) is 0 Å². The Kier molecular flexibility index (Phi) is 4.65. The van der Waals surface area contributed by atoms with Gasteiger partial charge in [-0.25, -0.2) is 0 Å². The summed E-state index contributed by atoms with van der Waals surface area (Å²) < 4.78 is 0. The fourth-order valence-corrected chi connectivity index (χ4v) is 5.96. The predicted octanol–water partition coefficient (Wildman–Crippen LogP) is 3.92. The van der Waals surface area contributed by atoms with E-state index in [1.807, 2.05) is 12.3 Å². The molecule has 110 valence electrons. The summed E-state index contributed by atoms with van der Waals surface area (Å²) in [7, 11) is -1.38. The van der Waals surface area contributed by atoms with Crippen LogP contribution >= 0.6 is 7.26 Å². The smallest absolute Gasteiger partial charge is 0.0989 e. The van der Waals surface area contributed by atoms with Crippen LogP contribution < -0.4 is 10.6 Å². The molecule has 0 aliphatic carbocycles. The number of hydrogen-bond donors (Lipinski definition) is 0. The molecular weight excluding hydrogens is 285 g/mol. The van der Waals surface area contributed by atoms with Crippen molar-refractivity contribution in [3.63, 3.8) is 0 Å². The van der Waals surface area contributed by atoms with Crippen LogP contribution in [0.15, 0.2) is 85.1 Å². The van der Waals surface area contributed by atoms with E-state index in [-0.39, 0.29) is 0 Å². The summed E-state index contributed by atoms with van der Waals surface area (Å²) in [6, 6.07) is 28.1. The van der Waals surface area contributed by atoms with Gasteiger partial charge in [-0.3, -0.25) is 4.98 Å². The summed E-state index contributed by atoms with van der Waals surface area (Å²) >= 11 is 0. The first-order valence-electron chi connectivity index (χ1n) is 7.66. The Bertz CT molecular complexity index is 656. The average Bonchev–Trinajstić information content (AvgIpc) is 2.62. The Morgan fingerprint density at radius 2 is 1.27 bits per heavy atom. The monoisotopic (exact) mass is 306 g/mol. The highest BCUT2D eigenvalue weighted by atomic mass is 31.2. The van der Waals surface area contributed by atoms with Crippen molar-refractivity contribution in [3.8, 4) is 0 Å². The molecule has 0 atom stereocenters. The summed E-state index contributed by atoms with van der Waals surface area (Å²) in [5.74, 6) is 0. The Labute approximate surface area is 133 Å². The Balaban J connectivity index is 1.93. The Morgan fingerprint density at radius 3 is 1.77 bits per heavy atom. The molecule has 0 saturated heterocycles. The topological polar surface area (TPSA) is 12.9 Å². The maximum absolute atomic E-state index is 4.49. The van der Waals surface area contributed by atoms with Crippen molar-refractivity contribution in [1.29, 1.82) is 0 Å². The van der Waals surface area contributed by atoms with Crippen molar-refractivity contribution in [2.75, 3.05) is 12.8 Å². The minimum absolute atomic E-state index is 1.02. The van der Waals surface area contributed by atoms with E-state index in [9.17, 15) is 0 Å². The van der Waals surface area contributed by atoms with Gasteiger partial charge in [-0.1, -0.05) is 42.5 Å². The fourth-order valence-electron chi connectivity index (χ4n) is 2.81. The number of aromatic nitrogens is 1. The van der Waals surface area contributed by atoms with Crippen LogP contribution in [0.2, 0.25) is 0 Å². The maximum atomic E-state index is 4.49. The summed E-state index contributed by atoms with van der Waals surface area (Å²) in [4.78, 5) is 4.49. The molecule has 0 bridgehead atoms. The second-order valence-electron chi connectivity index (χ2n) is 5.66. The molecule has 1 aromatic heterocycles. The first-order chi connectivity index (χ1) is 10.8. The lowest BCUT2D eigenvalue weighted by atomic mass is 10.3. The highest BCUT2D eigenvalue weighted by Crippen LogP contribution is 2.52. The minimum Gasteiger partial charge on any atom is -0.261 e. The van der Waals surface area contributed by atoms with E-state index >= 15 is 0 Å². The number of rotatable bonds is 5. The summed E-state index contributed by atoms with van der Waals surface area (Å²) in [5, 5.41) is 2.94. The second-order valence-corrected chi connectivity index (χ2v) is 9.52. The summed E-state index contributed by atoms with van der Waals surface area (Å²) in [5.41, 5.74) is 1.18. The van der Waals surface area contributed by atoms with Gasteiger partial charge in [0.25, 0.3) is 0 Å². The van der Waals surface area contributed by atoms with E-state index < -0.39 is 7.26 Å². The van der Waals surface area contributed by atoms with Gasteiger partial charge < -0.3 is 0 Å². The fraction of sp³-hybridized carbons (Fsp3) is 0.150.